The van der Waals surface area contributed by atoms with Crippen molar-refractivity contribution < 1.29 is 4.79 Å². The Bertz CT molecular complexity index is 864. The Hall–Kier alpha value is -2.47. The minimum absolute atomic E-state index is 0.0738. The molecule has 25 heavy (non-hydrogen) atoms. The highest BCUT2D eigenvalue weighted by molar-refractivity contribution is 7.17. The van der Waals surface area contributed by atoms with E-state index in [1.807, 2.05) is 30.9 Å². The van der Waals surface area contributed by atoms with E-state index in [0.717, 1.165) is 28.2 Å². The molecule has 0 unspecified atom stereocenters. The summed E-state index contributed by atoms with van der Waals surface area (Å²) in [6.07, 6.45) is 4.79. The van der Waals surface area contributed by atoms with Gasteiger partial charge in [-0.25, -0.2) is 4.98 Å². The minimum atomic E-state index is -0.0738. The Morgan fingerprint density at radius 3 is 2.64 bits per heavy atom. The number of rotatable bonds is 6. The smallest absolute Gasteiger partial charge is 0.263 e. The number of hydrogen-bond donors (Lipinski definition) is 1. The van der Waals surface area contributed by atoms with Crippen molar-refractivity contribution >= 4 is 17.2 Å². The van der Waals surface area contributed by atoms with Crippen molar-refractivity contribution in [1.82, 2.24) is 20.1 Å². The molecule has 2 heterocycles. The molecular formula is C19H22N4OS. The standard InChI is InChI=1S/C19H22N4OS/c1-4-15-5-7-16(8-6-15)19-22-14(3)17(25-19)18(24)20-9-10-23-12-13(2)11-21-23/h5-8,11-12H,4,9-10H2,1-3H3,(H,20,24). The van der Waals surface area contributed by atoms with Crippen LogP contribution in [0.25, 0.3) is 10.6 Å². The highest BCUT2D eigenvalue weighted by atomic mass is 32.1. The molecule has 2 aromatic heterocycles. The van der Waals surface area contributed by atoms with Crippen molar-refractivity contribution in [2.24, 2.45) is 0 Å². The van der Waals surface area contributed by atoms with E-state index in [9.17, 15) is 4.79 Å². The Kier molecular flexibility index (Phi) is 5.28. The van der Waals surface area contributed by atoms with Gasteiger partial charge in [-0.15, -0.1) is 11.3 Å². The van der Waals surface area contributed by atoms with Crippen LogP contribution in [0, 0.1) is 13.8 Å². The molecule has 0 atom stereocenters. The minimum Gasteiger partial charge on any atom is -0.349 e. The monoisotopic (exact) mass is 354 g/mol. The molecule has 0 saturated heterocycles. The van der Waals surface area contributed by atoms with Gasteiger partial charge in [-0.2, -0.15) is 5.10 Å². The van der Waals surface area contributed by atoms with E-state index in [0.29, 0.717) is 18.0 Å². The molecule has 1 aromatic carbocycles. The number of thiazole rings is 1. The lowest BCUT2D eigenvalue weighted by Gasteiger charge is -2.04. The molecule has 0 aliphatic heterocycles. The Labute approximate surface area is 151 Å². The van der Waals surface area contributed by atoms with Crippen LogP contribution in [0.3, 0.4) is 0 Å². The van der Waals surface area contributed by atoms with Crippen LogP contribution in [0.5, 0.6) is 0 Å². The Balaban J connectivity index is 1.65. The van der Waals surface area contributed by atoms with Crippen LogP contribution in [-0.4, -0.2) is 27.2 Å². The summed E-state index contributed by atoms with van der Waals surface area (Å²) in [7, 11) is 0. The second-order valence-corrected chi connectivity index (χ2v) is 7.02. The SMILES string of the molecule is CCc1ccc(-c2nc(C)c(C(=O)NCCn3cc(C)cn3)s2)cc1. The van der Waals surface area contributed by atoms with Crippen LogP contribution >= 0.6 is 11.3 Å². The molecule has 3 rings (SSSR count). The molecule has 0 radical (unpaired) electrons. The summed E-state index contributed by atoms with van der Waals surface area (Å²) in [5, 5.41) is 8.05. The average molecular weight is 354 g/mol. The number of hydrogen-bond acceptors (Lipinski definition) is 4. The zero-order valence-electron chi connectivity index (χ0n) is 14.7. The second-order valence-electron chi connectivity index (χ2n) is 6.02. The van der Waals surface area contributed by atoms with Crippen molar-refractivity contribution in [3.63, 3.8) is 0 Å². The van der Waals surface area contributed by atoms with Gasteiger partial charge in [-0.1, -0.05) is 31.2 Å². The molecule has 0 fully saturated rings. The summed E-state index contributed by atoms with van der Waals surface area (Å²) < 4.78 is 1.83. The van der Waals surface area contributed by atoms with E-state index in [2.05, 4.69) is 46.6 Å². The van der Waals surface area contributed by atoms with Crippen LogP contribution in [0.4, 0.5) is 0 Å². The molecule has 0 spiro atoms. The zero-order valence-corrected chi connectivity index (χ0v) is 15.6. The van der Waals surface area contributed by atoms with Gasteiger partial charge in [-0.3, -0.25) is 9.48 Å². The van der Waals surface area contributed by atoms with Gasteiger partial charge < -0.3 is 5.32 Å². The van der Waals surface area contributed by atoms with Crippen LogP contribution in [0.1, 0.15) is 33.4 Å². The predicted molar refractivity (Wildman–Crippen MR) is 101 cm³/mol. The maximum Gasteiger partial charge on any atom is 0.263 e. The van der Waals surface area contributed by atoms with Gasteiger partial charge in [0, 0.05) is 18.3 Å². The third-order valence-electron chi connectivity index (χ3n) is 4.00. The third-order valence-corrected chi connectivity index (χ3v) is 5.21. The first-order chi connectivity index (χ1) is 12.1. The van der Waals surface area contributed by atoms with Crippen molar-refractivity contribution in [2.75, 3.05) is 6.54 Å². The topological polar surface area (TPSA) is 59.8 Å². The third kappa shape index (κ3) is 4.14. The summed E-state index contributed by atoms with van der Waals surface area (Å²) in [4.78, 5) is 17.7. The molecule has 1 amide bonds. The summed E-state index contributed by atoms with van der Waals surface area (Å²) in [5.74, 6) is -0.0738. The average Bonchev–Trinajstić information content (AvgIpc) is 3.20. The molecule has 3 aromatic rings. The normalized spacial score (nSPS) is 10.8. The van der Waals surface area contributed by atoms with E-state index in [1.165, 1.54) is 16.9 Å². The summed E-state index contributed by atoms with van der Waals surface area (Å²) >= 11 is 1.44. The summed E-state index contributed by atoms with van der Waals surface area (Å²) in [6, 6.07) is 8.35. The summed E-state index contributed by atoms with van der Waals surface area (Å²) in [6.45, 7) is 7.21. The van der Waals surface area contributed by atoms with Gasteiger partial charge in [0.1, 0.15) is 9.88 Å². The number of carbonyl (C=O) groups excluding carboxylic acids is 1. The number of benzene rings is 1. The fourth-order valence-electron chi connectivity index (χ4n) is 2.57. The van der Waals surface area contributed by atoms with E-state index < -0.39 is 0 Å². The lowest BCUT2D eigenvalue weighted by Crippen LogP contribution is -2.27. The fourth-order valence-corrected chi connectivity index (χ4v) is 3.56. The molecule has 6 heteroatoms. The molecule has 1 N–H and O–H groups in total. The number of carbonyl (C=O) groups is 1. The lowest BCUT2D eigenvalue weighted by atomic mass is 10.1. The molecule has 0 bridgehead atoms. The maximum atomic E-state index is 12.4. The van der Waals surface area contributed by atoms with Gasteiger partial charge in [0.05, 0.1) is 18.4 Å². The molecular weight excluding hydrogens is 332 g/mol. The number of nitrogens with zero attached hydrogens (tertiary/aromatic N) is 3. The predicted octanol–water partition coefficient (Wildman–Crippen LogP) is 3.62. The van der Waals surface area contributed by atoms with Crippen LogP contribution in [-0.2, 0) is 13.0 Å². The zero-order chi connectivity index (χ0) is 17.8. The number of nitrogens with one attached hydrogen (secondary N) is 1. The molecule has 0 aliphatic rings. The van der Waals surface area contributed by atoms with E-state index in [-0.39, 0.29) is 5.91 Å². The quantitative estimate of drug-likeness (QED) is 0.735. The molecule has 0 aliphatic carbocycles. The fraction of sp³-hybridized carbons (Fsp3) is 0.316. The lowest BCUT2D eigenvalue weighted by molar-refractivity contribution is 0.0955. The van der Waals surface area contributed by atoms with Crippen molar-refractivity contribution in [3.8, 4) is 10.6 Å². The van der Waals surface area contributed by atoms with Crippen molar-refractivity contribution in [2.45, 2.75) is 33.7 Å². The van der Waals surface area contributed by atoms with Crippen LogP contribution in [0.15, 0.2) is 36.7 Å². The van der Waals surface area contributed by atoms with Crippen molar-refractivity contribution in [1.29, 1.82) is 0 Å². The van der Waals surface area contributed by atoms with Gasteiger partial charge in [-0.05, 0) is 31.4 Å². The second kappa shape index (κ2) is 7.61. The number of amides is 1. The molecule has 5 nitrogen and oxygen atoms in total. The van der Waals surface area contributed by atoms with Gasteiger partial charge in [0.2, 0.25) is 0 Å². The van der Waals surface area contributed by atoms with Gasteiger partial charge in [0.25, 0.3) is 5.91 Å². The summed E-state index contributed by atoms with van der Waals surface area (Å²) in [5.41, 5.74) is 4.23. The van der Waals surface area contributed by atoms with Gasteiger partial charge in [0.15, 0.2) is 0 Å². The Morgan fingerprint density at radius 2 is 2.00 bits per heavy atom. The van der Waals surface area contributed by atoms with Crippen LogP contribution in [0.2, 0.25) is 0 Å². The first-order valence-corrected chi connectivity index (χ1v) is 9.22. The number of aryl methyl sites for hydroxylation is 3. The van der Waals surface area contributed by atoms with E-state index in [4.69, 9.17) is 0 Å². The largest absolute Gasteiger partial charge is 0.349 e. The van der Waals surface area contributed by atoms with E-state index in [1.54, 1.807) is 0 Å². The van der Waals surface area contributed by atoms with E-state index >= 15 is 0 Å². The Morgan fingerprint density at radius 1 is 1.24 bits per heavy atom. The number of aromatic nitrogens is 3. The highest BCUT2D eigenvalue weighted by Crippen LogP contribution is 2.28. The molecule has 0 saturated carbocycles. The first-order valence-electron chi connectivity index (χ1n) is 8.41. The van der Waals surface area contributed by atoms with Crippen LogP contribution < -0.4 is 5.32 Å². The van der Waals surface area contributed by atoms with Crippen molar-refractivity contribution in [3.05, 3.63) is 58.4 Å². The molecule has 130 valence electrons. The highest BCUT2D eigenvalue weighted by Gasteiger charge is 2.16. The first kappa shape index (κ1) is 17.4. The van der Waals surface area contributed by atoms with Gasteiger partial charge >= 0.3 is 0 Å². The maximum absolute atomic E-state index is 12.4.